The average Bonchev–Trinajstić information content (AvgIpc) is 2.96. The van der Waals surface area contributed by atoms with Crippen LogP contribution in [0.1, 0.15) is 31.5 Å². The molecule has 1 unspecified atom stereocenters. The van der Waals surface area contributed by atoms with Gasteiger partial charge in [-0.05, 0) is 24.0 Å². The maximum absolute atomic E-state index is 12.5. The van der Waals surface area contributed by atoms with E-state index >= 15 is 0 Å². The highest BCUT2D eigenvalue weighted by atomic mass is 16.4. The highest BCUT2D eigenvalue weighted by molar-refractivity contribution is 5.86. The van der Waals surface area contributed by atoms with Crippen molar-refractivity contribution < 1.29 is 14.7 Å². The molecule has 0 radical (unpaired) electrons. The first-order valence-electron chi connectivity index (χ1n) is 8.38. The first-order valence-corrected chi connectivity index (χ1v) is 8.38. The summed E-state index contributed by atoms with van der Waals surface area (Å²) in [6.07, 6.45) is 1.47. The molecule has 1 aromatic carbocycles. The molecule has 24 heavy (non-hydrogen) atoms. The van der Waals surface area contributed by atoms with E-state index in [1.165, 1.54) is 10.9 Å². The fourth-order valence-electron chi connectivity index (χ4n) is 3.27. The molecule has 1 aliphatic rings. The molecule has 6 heteroatoms. The number of para-hydroxylation sites is 1. The van der Waals surface area contributed by atoms with Gasteiger partial charge >= 0.3 is 12.0 Å². The highest BCUT2D eigenvalue weighted by Crippen LogP contribution is 2.27. The Kier molecular flexibility index (Phi) is 4.46. The van der Waals surface area contributed by atoms with Crippen LogP contribution in [0.2, 0.25) is 0 Å². The number of aliphatic carboxylic acids is 1. The van der Waals surface area contributed by atoms with Gasteiger partial charge in [-0.1, -0.05) is 38.5 Å². The molecule has 2 aromatic rings. The van der Waals surface area contributed by atoms with Gasteiger partial charge in [0.25, 0.3) is 0 Å². The summed E-state index contributed by atoms with van der Waals surface area (Å²) >= 11 is 0. The standard InChI is InChI=1S/C18H23N3O3/c1-3-11(2)16(17(22)23)20-18(24)21-9-8-13-12-6-4-5-7-14(12)19-15(13)10-21/h4-7,11,16,19H,3,8-10H2,1-2H3,(H,20,24)(H,22,23)/t11?,16-/m0/s1. The molecule has 0 saturated heterocycles. The minimum atomic E-state index is -0.985. The Bertz CT molecular complexity index is 768. The number of rotatable bonds is 4. The second-order valence-corrected chi connectivity index (χ2v) is 6.45. The lowest BCUT2D eigenvalue weighted by Gasteiger charge is -2.30. The Balaban J connectivity index is 1.75. The van der Waals surface area contributed by atoms with Crippen molar-refractivity contribution in [3.05, 3.63) is 35.5 Å². The largest absolute Gasteiger partial charge is 0.480 e. The van der Waals surface area contributed by atoms with Gasteiger partial charge in [-0.2, -0.15) is 0 Å². The van der Waals surface area contributed by atoms with E-state index in [1.807, 2.05) is 32.0 Å². The molecule has 128 valence electrons. The minimum Gasteiger partial charge on any atom is -0.480 e. The Morgan fingerprint density at radius 1 is 1.38 bits per heavy atom. The SMILES string of the molecule is CCC(C)[C@H](NC(=O)N1CCc2c([nH]c3ccccc23)C1)C(=O)O. The van der Waals surface area contributed by atoms with Crippen LogP contribution in [-0.4, -0.2) is 39.6 Å². The second-order valence-electron chi connectivity index (χ2n) is 6.45. The fraction of sp³-hybridized carbons (Fsp3) is 0.444. The number of H-pyrrole nitrogens is 1. The number of aromatic amines is 1. The summed E-state index contributed by atoms with van der Waals surface area (Å²) in [6, 6.07) is 6.95. The summed E-state index contributed by atoms with van der Waals surface area (Å²) in [5, 5.41) is 13.2. The highest BCUT2D eigenvalue weighted by Gasteiger charge is 2.29. The van der Waals surface area contributed by atoms with Crippen molar-refractivity contribution in [1.82, 2.24) is 15.2 Å². The lowest BCUT2D eigenvalue weighted by Crippen LogP contribution is -2.51. The van der Waals surface area contributed by atoms with E-state index in [9.17, 15) is 14.7 Å². The smallest absolute Gasteiger partial charge is 0.326 e. The molecule has 1 aromatic heterocycles. The molecule has 3 rings (SSSR count). The molecule has 2 atom stereocenters. The summed E-state index contributed by atoms with van der Waals surface area (Å²) in [5.74, 6) is -1.10. The van der Waals surface area contributed by atoms with Crippen molar-refractivity contribution in [3.8, 4) is 0 Å². The molecule has 0 saturated carbocycles. The van der Waals surface area contributed by atoms with Crippen LogP contribution in [-0.2, 0) is 17.8 Å². The molecule has 0 bridgehead atoms. The predicted molar refractivity (Wildman–Crippen MR) is 91.8 cm³/mol. The van der Waals surface area contributed by atoms with E-state index in [2.05, 4.69) is 16.4 Å². The quantitative estimate of drug-likeness (QED) is 0.806. The zero-order valence-corrected chi connectivity index (χ0v) is 14.0. The first kappa shape index (κ1) is 16.4. The number of hydrogen-bond acceptors (Lipinski definition) is 2. The molecule has 6 nitrogen and oxygen atoms in total. The van der Waals surface area contributed by atoms with Crippen LogP contribution in [0.3, 0.4) is 0 Å². The van der Waals surface area contributed by atoms with Crippen LogP contribution in [0, 0.1) is 5.92 Å². The normalized spacial score (nSPS) is 16.5. The van der Waals surface area contributed by atoms with Gasteiger partial charge in [0.05, 0.1) is 6.54 Å². The summed E-state index contributed by atoms with van der Waals surface area (Å²) < 4.78 is 0. The van der Waals surface area contributed by atoms with E-state index in [0.29, 0.717) is 19.5 Å². The number of carbonyl (C=O) groups is 2. The average molecular weight is 329 g/mol. The number of urea groups is 1. The van der Waals surface area contributed by atoms with Gasteiger partial charge in [0.2, 0.25) is 0 Å². The number of hydrogen-bond donors (Lipinski definition) is 3. The predicted octanol–water partition coefficient (Wildman–Crippen LogP) is 2.73. The van der Waals surface area contributed by atoms with Gasteiger partial charge < -0.3 is 20.3 Å². The Hall–Kier alpha value is -2.50. The van der Waals surface area contributed by atoms with E-state index in [1.54, 1.807) is 4.90 Å². The van der Waals surface area contributed by atoms with Crippen molar-refractivity contribution >= 4 is 22.9 Å². The minimum absolute atomic E-state index is 0.111. The van der Waals surface area contributed by atoms with Gasteiger partial charge in [0, 0.05) is 23.1 Å². The Morgan fingerprint density at radius 2 is 2.12 bits per heavy atom. The zero-order chi connectivity index (χ0) is 17.3. The maximum atomic E-state index is 12.5. The molecule has 2 amide bonds. The summed E-state index contributed by atoms with van der Waals surface area (Å²) in [4.78, 5) is 28.9. The number of carboxylic acids is 1. The third kappa shape index (κ3) is 2.96. The molecule has 3 N–H and O–H groups in total. The van der Waals surface area contributed by atoms with E-state index in [0.717, 1.165) is 17.6 Å². The third-order valence-electron chi connectivity index (χ3n) is 4.93. The second kappa shape index (κ2) is 6.55. The zero-order valence-electron chi connectivity index (χ0n) is 14.0. The Labute approximate surface area is 140 Å². The fourth-order valence-corrected chi connectivity index (χ4v) is 3.27. The van der Waals surface area contributed by atoms with E-state index < -0.39 is 12.0 Å². The van der Waals surface area contributed by atoms with E-state index in [4.69, 9.17) is 0 Å². The van der Waals surface area contributed by atoms with Crippen LogP contribution in [0.25, 0.3) is 10.9 Å². The first-order chi connectivity index (χ1) is 11.5. The lowest BCUT2D eigenvalue weighted by molar-refractivity contribution is -0.140. The van der Waals surface area contributed by atoms with Crippen molar-refractivity contribution in [2.75, 3.05) is 6.54 Å². The number of benzene rings is 1. The summed E-state index contributed by atoms with van der Waals surface area (Å²) in [5.41, 5.74) is 3.37. The van der Waals surface area contributed by atoms with E-state index in [-0.39, 0.29) is 11.9 Å². The van der Waals surface area contributed by atoms with Gasteiger partial charge in [-0.15, -0.1) is 0 Å². The lowest BCUT2D eigenvalue weighted by atomic mass is 9.99. The van der Waals surface area contributed by atoms with Gasteiger partial charge in [-0.25, -0.2) is 9.59 Å². The molecule has 0 spiro atoms. The van der Waals surface area contributed by atoms with Crippen molar-refractivity contribution in [2.24, 2.45) is 5.92 Å². The number of fused-ring (bicyclic) bond motifs is 3. The molecule has 1 aliphatic heterocycles. The number of nitrogens with one attached hydrogen (secondary N) is 2. The molecule has 0 aliphatic carbocycles. The maximum Gasteiger partial charge on any atom is 0.326 e. The van der Waals surface area contributed by atoms with Gasteiger partial charge in [0.1, 0.15) is 6.04 Å². The number of carboxylic acid groups (broad SMARTS) is 1. The summed E-state index contributed by atoms with van der Waals surface area (Å²) in [7, 11) is 0. The van der Waals surface area contributed by atoms with Crippen molar-refractivity contribution in [2.45, 2.75) is 39.3 Å². The van der Waals surface area contributed by atoms with Gasteiger partial charge in [0.15, 0.2) is 0 Å². The van der Waals surface area contributed by atoms with Crippen molar-refractivity contribution in [1.29, 1.82) is 0 Å². The molecule has 0 fully saturated rings. The van der Waals surface area contributed by atoms with Crippen LogP contribution in [0.4, 0.5) is 4.79 Å². The third-order valence-corrected chi connectivity index (χ3v) is 4.93. The number of amides is 2. The summed E-state index contributed by atoms with van der Waals surface area (Å²) in [6.45, 7) is 4.83. The Morgan fingerprint density at radius 3 is 2.83 bits per heavy atom. The van der Waals surface area contributed by atoms with Crippen LogP contribution in [0.15, 0.2) is 24.3 Å². The monoisotopic (exact) mass is 329 g/mol. The van der Waals surface area contributed by atoms with Crippen LogP contribution >= 0.6 is 0 Å². The molecule has 2 heterocycles. The number of carbonyl (C=O) groups excluding carboxylic acids is 1. The van der Waals surface area contributed by atoms with Crippen LogP contribution in [0.5, 0.6) is 0 Å². The van der Waals surface area contributed by atoms with Crippen molar-refractivity contribution in [3.63, 3.8) is 0 Å². The molecular weight excluding hydrogens is 306 g/mol. The molecular formula is C18H23N3O3. The topological polar surface area (TPSA) is 85.4 Å². The number of nitrogens with zero attached hydrogens (tertiary/aromatic N) is 1. The number of aromatic nitrogens is 1. The van der Waals surface area contributed by atoms with Gasteiger partial charge in [-0.3, -0.25) is 0 Å². The van der Waals surface area contributed by atoms with Crippen LogP contribution < -0.4 is 5.32 Å².